The summed E-state index contributed by atoms with van der Waals surface area (Å²) in [6.07, 6.45) is 1.89. The largest absolute Gasteiger partial charge is 0.347 e. The number of amides is 2. The van der Waals surface area contributed by atoms with Crippen LogP contribution in [0.1, 0.15) is 44.0 Å². The lowest BCUT2D eigenvalue weighted by atomic mass is 9.98. The van der Waals surface area contributed by atoms with E-state index < -0.39 is 0 Å². The molecule has 23 heavy (non-hydrogen) atoms. The van der Waals surface area contributed by atoms with E-state index in [-0.39, 0.29) is 35.7 Å². The second-order valence-corrected chi connectivity index (χ2v) is 6.78. The van der Waals surface area contributed by atoms with Crippen molar-refractivity contribution in [2.24, 2.45) is 5.92 Å². The Morgan fingerprint density at radius 1 is 1.22 bits per heavy atom. The molecule has 5 nitrogen and oxygen atoms in total. The summed E-state index contributed by atoms with van der Waals surface area (Å²) in [4.78, 5) is 24.7. The minimum atomic E-state index is -0.318. The van der Waals surface area contributed by atoms with Crippen molar-refractivity contribution in [3.8, 4) is 0 Å². The van der Waals surface area contributed by atoms with E-state index in [9.17, 15) is 9.59 Å². The van der Waals surface area contributed by atoms with Crippen LogP contribution in [0.5, 0.6) is 0 Å². The van der Waals surface area contributed by atoms with Crippen LogP contribution in [0.2, 0.25) is 0 Å². The Labute approximate surface area is 144 Å². The van der Waals surface area contributed by atoms with Crippen molar-refractivity contribution in [3.05, 3.63) is 29.8 Å². The lowest BCUT2D eigenvalue weighted by Crippen LogP contribution is -2.41. The van der Waals surface area contributed by atoms with E-state index in [1.165, 1.54) is 0 Å². The van der Waals surface area contributed by atoms with E-state index in [1.54, 1.807) is 18.2 Å². The maximum absolute atomic E-state index is 12.4. The SMILES string of the molecule is CC(C)(C)NC(=O)c1ccccc1NC(=O)C1CCCNC1.Cl. The van der Waals surface area contributed by atoms with Crippen LogP contribution in [0.25, 0.3) is 0 Å². The van der Waals surface area contributed by atoms with Gasteiger partial charge in [0.15, 0.2) is 0 Å². The molecule has 6 heteroatoms. The van der Waals surface area contributed by atoms with Crippen LogP contribution < -0.4 is 16.0 Å². The van der Waals surface area contributed by atoms with E-state index in [1.807, 2.05) is 26.8 Å². The molecule has 0 spiro atoms. The lowest BCUT2D eigenvalue weighted by Gasteiger charge is -2.24. The first-order chi connectivity index (χ1) is 10.4. The zero-order valence-corrected chi connectivity index (χ0v) is 14.8. The maximum atomic E-state index is 12.4. The maximum Gasteiger partial charge on any atom is 0.253 e. The fraction of sp³-hybridized carbons (Fsp3) is 0.529. The molecule has 2 rings (SSSR count). The number of benzene rings is 1. The van der Waals surface area contributed by atoms with Crippen molar-refractivity contribution >= 4 is 29.9 Å². The zero-order valence-electron chi connectivity index (χ0n) is 13.9. The Balaban J connectivity index is 0.00000264. The Kier molecular flexibility index (Phi) is 7.03. The van der Waals surface area contributed by atoms with Gasteiger partial charge in [-0.05, 0) is 52.3 Å². The van der Waals surface area contributed by atoms with Gasteiger partial charge in [-0.25, -0.2) is 0 Å². The van der Waals surface area contributed by atoms with Crippen molar-refractivity contribution in [2.75, 3.05) is 18.4 Å². The molecule has 0 radical (unpaired) electrons. The standard InChI is InChI=1S/C17H25N3O2.ClH/c1-17(2,3)20-16(22)13-8-4-5-9-14(13)19-15(21)12-7-6-10-18-11-12;/h4-5,8-9,12,18H,6-7,10-11H2,1-3H3,(H,19,21)(H,20,22);1H. The van der Waals surface area contributed by atoms with Crippen LogP contribution in [0.3, 0.4) is 0 Å². The molecule has 3 N–H and O–H groups in total. The molecule has 1 aliphatic rings. The molecule has 1 aromatic rings. The summed E-state index contributed by atoms with van der Waals surface area (Å²) in [5, 5.41) is 9.06. The summed E-state index contributed by atoms with van der Waals surface area (Å²) in [5.41, 5.74) is 0.746. The number of piperidine rings is 1. The lowest BCUT2D eigenvalue weighted by molar-refractivity contribution is -0.120. The molecule has 1 heterocycles. The van der Waals surface area contributed by atoms with Crippen molar-refractivity contribution in [3.63, 3.8) is 0 Å². The predicted molar refractivity (Wildman–Crippen MR) is 95.1 cm³/mol. The second-order valence-electron chi connectivity index (χ2n) is 6.78. The number of rotatable bonds is 3. The normalized spacial score (nSPS) is 17.8. The van der Waals surface area contributed by atoms with Crippen LogP contribution in [0.15, 0.2) is 24.3 Å². The van der Waals surface area contributed by atoms with Crippen molar-refractivity contribution in [1.82, 2.24) is 10.6 Å². The third-order valence-corrected chi connectivity index (χ3v) is 3.59. The topological polar surface area (TPSA) is 70.2 Å². The van der Waals surface area contributed by atoms with Crippen LogP contribution in [0.4, 0.5) is 5.69 Å². The Hall–Kier alpha value is -1.59. The average molecular weight is 340 g/mol. The van der Waals surface area contributed by atoms with E-state index in [2.05, 4.69) is 16.0 Å². The smallest absolute Gasteiger partial charge is 0.253 e. The number of anilines is 1. The third kappa shape index (κ3) is 5.84. The van der Waals surface area contributed by atoms with Crippen LogP contribution in [-0.2, 0) is 4.79 Å². The summed E-state index contributed by atoms with van der Waals surface area (Å²) in [7, 11) is 0. The van der Waals surface area contributed by atoms with Gasteiger partial charge in [0.05, 0.1) is 17.2 Å². The van der Waals surface area contributed by atoms with Crippen molar-refractivity contribution in [2.45, 2.75) is 39.2 Å². The van der Waals surface area contributed by atoms with Gasteiger partial charge < -0.3 is 16.0 Å². The molecule has 0 saturated carbocycles. The number of carbonyl (C=O) groups is 2. The third-order valence-electron chi connectivity index (χ3n) is 3.59. The molecule has 1 atom stereocenters. The molecule has 1 aromatic carbocycles. The zero-order chi connectivity index (χ0) is 16.2. The van der Waals surface area contributed by atoms with Gasteiger partial charge in [0, 0.05) is 12.1 Å². The number of hydrogen-bond donors (Lipinski definition) is 3. The van der Waals surface area contributed by atoms with E-state index in [4.69, 9.17) is 0 Å². The predicted octanol–water partition coefficient (Wildman–Crippen LogP) is 2.57. The molecule has 1 aliphatic heterocycles. The van der Waals surface area contributed by atoms with Crippen LogP contribution >= 0.6 is 12.4 Å². The Morgan fingerprint density at radius 2 is 1.91 bits per heavy atom. The molecule has 1 unspecified atom stereocenters. The minimum Gasteiger partial charge on any atom is -0.347 e. The van der Waals surface area contributed by atoms with E-state index in [0.29, 0.717) is 17.8 Å². The first-order valence-corrected chi connectivity index (χ1v) is 7.80. The summed E-state index contributed by atoms with van der Waals surface area (Å²) in [6.45, 7) is 7.45. The molecule has 2 amide bonds. The number of hydrogen-bond acceptors (Lipinski definition) is 3. The second kappa shape index (κ2) is 8.31. The highest BCUT2D eigenvalue weighted by Gasteiger charge is 2.23. The molecule has 1 fully saturated rings. The van der Waals surface area contributed by atoms with Crippen LogP contribution in [0, 0.1) is 5.92 Å². The van der Waals surface area contributed by atoms with E-state index >= 15 is 0 Å². The average Bonchev–Trinajstić information content (AvgIpc) is 2.47. The number of para-hydroxylation sites is 1. The molecular formula is C17H26ClN3O2. The summed E-state index contributed by atoms with van der Waals surface area (Å²) >= 11 is 0. The van der Waals surface area contributed by atoms with Gasteiger partial charge in [-0.3, -0.25) is 9.59 Å². The van der Waals surface area contributed by atoms with Crippen LogP contribution in [-0.4, -0.2) is 30.4 Å². The molecule has 0 aliphatic carbocycles. The molecular weight excluding hydrogens is 314 g/mol. The monoisotopic (exact) mass is 339 g/mol. The van der Waals surface area contributed by atoms with Gasteiger partial charge in [-0.15, -0.1) is 12.4 Å². The highest BCUT2D eigenvalue weighted by Crippen LogP contribution is 2.19. The van der Waals surface area contributed by atoms with Gasteiger partial charge in [-0.2, -0.15) is 0 Å². The van der Waals surface area contributed by atoms with Gasteiger partial charge in [0.1, 0.15) is 0 Å². The quantitative estimate of drug-likeness (QED) is 0.792. The fourth-order valence-electron chi connectivity index (χ4n) is 2.51. The first kappa shape index (κ1) is 19.5. The van der Waals surface area contributed by atoms with E-state index in [0.717, 1.165) is 19.4 Å². The Bertz CT molecular complexity index is 549. The minimum absolute atomic E-state index is 0. The van der Waals surface area contributed by atoms with Gasteiger partial charge >= 0.3 is 0 Å². The summed E-state index contributed by atoms with van der Waals surface area (Å²) in [5.74, 6) is -0.235. The highest BCUT2D eigenvalue weighted by atomic mass is 35.5. The summed E-state index contributed by atoms with van der Waals surface area (Å²) < 4.78 is 0. The molecule has 1 saturated heterocycles. The first-order valence-electron chi connectivity index (χ1n) is 7.80. The molecule has 0 bridgehead atoms. The van der Waals surface area contributed by atoms with Gasteiger partial charge in [-0.1, -0.05) is 12.1 Å². The van der Waals surface area contributed by atoms with Crippen molar-refractivity contribution < 1.29 is 9.59 Å². The highest BCUT2D eigenvalue weighted by molar-refractivity contribution is 6.04. The number of nitrogens with one attached hydrogen (secondary N) is 3. The molecule has 0 aromatic heterocycles. The summed E-state index contributed by atoms with van der Waals surface area (Å²) in [6, 6.07) is 7.12. The van der Waals surface area contributed by atoms with Gasteiger partial charge in [0.25, 0.3) is 5.91 Å². The number of halogens is 1. The Morgan fingerprint density at radius 3 is 2.52 bits per heavy atom. The number of carbonyl (C=O) groups excluding carboxylic acids is 2. The molecule has 128 valence electrons. The fourth-order valence-corrected chi connectivity index (χ4v) is 2.51. The van der Waals surface area contributed by atoms with Crippen molar-refractivity contribution in [1.29, 1.82) is 0 Å². The van der Waals surface area contributed by atoms with Gasteiger partial charge in [0.2, 0.25) is 5.91 Å².